The highest BCUT2D eigenvalue weighted by Gasteiger charge is 2.16. The molecule has 1 rings (SSSR count). The van der Waals surface area contributed by atoms with E-state index in [0.717, 1.165) is 11.3 Å². The van der Waals surface area contributed by atoms with E-state index in [9.17, 15) is 4.79 Å². The van der Waals surface area contributed by atoms with E-state index in [1.165, 1.54) is 0 Å². The molecule has 0 saturated carbocycles. The van der Waals surface area contributed by atoms with E-state index < -0.39 is 12.0 Å². The quantitative estimate of drug-likeness (QED) is 0.795. The van der Waals surface area contributed by atoms with Gasteiger partial charge in [-0.05, 0) is 24.6 Å². The van der Waals surface area contributed by atoms with Crippen LogP contribution in [0.2, 0.25) is 0 Å². The third kappa shape index (κ3) is 3.35. The Morgan fingerprint density at radius 1 is 1.59 bits per heavy atom. The standard InChI is InChI=1S/C12H18N2O3/c1-8-4-5-11(17-3)10(6-8)14(2)7-9(13)12(15)16/h4-6,9H,7,13H2,1-3H3,(H,15,16). The zero-order valence-electron chi connectivity index (χ0n) is 10.3. The van der Waals surface area contributed by atoms with Gasteiger partial charge in [0.2, 0.25) is 0 Å². The Balaban J connectivity index is 2.90. The van der Waals surface area contributed by atoms with Crippen molar-refractivity contribution in [3.63, 3.8) is 0 Å². The molecule has 0 amide bonds. The number of aryl methyl sites for hydroxylation is 1. The second-order valence-corrected chi connectivity index (χ2v) is 4.00. The van der Waals surface area contributed by atoms with E-state index in [1.54, 1.807) is 19.1 Å². The molecular weight excluding hydrogens is 220 g/mol. The van der Waals surface area contributed by atoms with Crippen molar-refractivity contribution in [2.45, 2.75) is 13.0 Å². The van der Waals surface area contributed by atoms with Gasteiger partial charge in [-0.15, -0.1) is 0 Å². The lowest BCUT2D eigenvalue weighted by Crippen LogP contribution is -2.41. The maximum absolute atomic E-state index is 10.7. The van der Waals surface area contributed by atoms with Crippen molar-refractivity contribution in [2.24, 2.45) is 5.73 Å². The average Bonchev–Trinajstić information content (AvgIpc) is 2.28. The van der Waals surface area contributed by atoms with Gasteiger partial charge in [-0.2, -0.15) is 0 Å². The average molecular weight is 238 g/mol. The molecule has 0 spiro atoms. The monoisotopic (exact) mass is 238 g/mol. The van der Waals surface area contributed by atoms with Crippen LogP contribution < -0.4 is 15.4 Å². The first kappa shape index (κ1) is 13.3. The summed E-state index contributed by atoms with van der Waals surface area (Å²) in [6, 6.07) is 4.82. The zero-order valence-corrected chi connectivity index (χ0v) is 10.3. The predicted octanol–water partition coefficient (Wildman–Crippen LogP) is 0.852. The Morgan fingerprint density at radius 3 is 2.76 bits per heavy atom. The zero-order chi connectivity index (χ0) is 13.0. The van der Waals surface area contributed by atoms with Crippen molar-refractivity contribution < 1.29 is 14.6 Å². The first-order valence-corrected chi connectivity index (χ1v) is 5.30. The third-order valence-electron chi connectivity index (χ3n) is 2.53. The highest BCUT2D eigenvalue weighted by molar-refractivity contribution is 5.74. The number of nitrogens with two attached hydrogens (primary N) is 1. The molecule has 0 heterocycles. The molecule has 17 heavy (non-hydrogen) atoms. The molecule has 1 aromatic carbocycles. The van der Waals surface area contributed by atoms with E-state index in [-0.39, 0.29) is 6.54 Å². The fourth-order valence-electron chi connectivity index (χ4n) is 1.57. The number of nitrogens with zero attached hydrogens (tertiary/aromatic N) is 1. The molecule has 1 atom stereocenters. The minimum atomic E-state index is -1.01. The van der Waals surface area contributed by atoms with Gasteiger partial charge in [0.05, 0.1) is 12.8 Å². The molecule has 0 bridgehead atoms. The van der Waals surface area contributed by atoms with Gasteiger partial charge >= 0.3 is 5.97 Å². The van der Waals surface area contributed by atoms with Crippen LogP contribution in [0, 0.1) is 6.92 Å². The number of likely N-dealkylation sites (N-methyl/N-ethyl adjacent to an activating group) is 1. The van der Waals surface area contributed by atoms with Crippen molar-refractivity contribution in [1.29, 1.82) is 0 Å². The van der Waals surface area contributed by atoms with Crippen LogP contribution in [0.3, 0.4) is 0 Å². The lowest BCUT2D eigenvalue weighted by atomic mass is 10.2. The van der Waals surface area contributed by atoms with Gasteiger partial charge < -0.3 is 20.5 Å². The van der Waals surface area contributed by atoms with Crippen molar-refractivity contribution in [3.8, 4) is 5.75 Å². The summed E-state index contributed by atoms with van der Waals surface area (Å²) >= 11 is 0. The van der Waals surface area contributed by atoms with Gasteiger partial charge in [-0.25, -0.2) is 0 Å². The summed E-state index contributed by atoms with van der Waals surface area (Å²) in [5.74, 6) is -0.306. The first-order chi connectivity index (χ1) is 7.95. The molecule has 0 aliphatic heterocycles. The summed E-state index contributed by atoms with van der Waals surface area (Å²) in [5, 5.41) is 8.78. The minimum Gasteiger partial charge on any atom is -0.495 e. The summed E-state index contributed by atoms with van der Waals surface area (Å²) in [7, 11) is 3.37. The Kier molecular flexibility index (Phi) is 4.34. The molecule has 0 radical (unpaired) electrons. The topological polar surface area (TPSA) is 75.8 Å². The van der Waals surface area contributed by atoms with Crippen molar-refractivity contribution in [3.05, 3.63) is 23.8 Å². The van der Waals surface area contributed by atoms with Crippen LogP contribution >= 0.6 is 0 Å². The number of anilines is 1. The largest absolute Gasteiger partial charge is 0.495 e. The summed E-state index contributed by atoms with van der Waals surface area (Å²) in [4.78, 5) is 12.5. The minimum absolute atomic E-state index is 0.231. The van der Waals surface area contributed by atoms with Gasteiger partial charge in [0, 0.05) is 13.6 Å². The lowest BCUT2D eigenvalue weighted by molar-refractivity contribution is -0.138. The predicted molar refractivity (Wildman–Crippen MR) is 66.6 cm³/mol. The Bertz CT molecular complexity index is 407. The van der Waals surface area contributed by atoms with Gasteiger partial charge in [0.1, 0.15) is 11.8 Å². The van der Waals surface area contributed by atoms with Crippen molar-refractivity contribution >= 4 is 11.7 Å². The molecule has 3 N–H and O–H groups in total. The maximum Gasteiger partial charge on any atom is 0.322 e. The smallest absolute Gasteiger partial charge is 0.322 e. The number of aliphatic carboxylic acids is 1. The fourth-order valence-corrected chi connectivity index (χ4v) is 1.57. The highest BCUT2D eigenvalue weighted by atomic mass is 16.5. The van der Waals surface area contributed by atoms with Crippen LogP contribution in [-0.4, -0.2) is 37.8 Å². The van der Waals surface area contributed by atoms with Crippen LogP contribution in [-0.2, 0) is 4.79 Å². The highest BCUT2D eigenvalue weighted by Crippen LogP contribution is 2.28. The summed E-state index contributed by atoms with van der Waals surface area (Å²) in [6.45, 7) is 2.20. The van der Waals surface area contributed by atoms with Crippen molar-refractivity contribution in [2.75, 3.05) is 25.6 Å². The van der Waals surface area contributed by atoms with Crippen LogP contribution in [0.1, 0.15) is 5.56 Å². The number of carbonyl (C=O) groups is 1. The van der Waals surface area contributed by atoms with Gasteiger partial charge in [-0.3, -0.25) is 4.79 Å². The lowest BCUT2D eigenvalue weighted by Gasteiger charge is -2.23. The van der Waals surface area contributed by atoms with Crippen LogP contribution in [0.15, 0.2) is 18.2 Å². The third-order valence-corrected chi connectivity index (χ3v) is 2.53. The second kappa shape index (κ2) is 5.54. The molecule has 5 heteroatoms. The van der Waals surface area contributed by atoms with E-state index in [0.29, 0.717) is 5.75 Å². The molecule has 1 unspecified atom stereocenters. The van der Waals surface area contributed by atoms with Gasteiger partial charge in [0.25, 0.3) is 0 Å². The maximum atomic E-state index is 10.7. The fraction of sp³-hybridized carbons (Fsp3) is 0.417. The number of carboxylic acids is 1. The van der Waals surface area contributed by atoms with Crippen molar-refractivity contribution in [1.82, 2.24) is 0 Å². The van der Waals surface area contributed by atoms with Gasteiger partial charge in [0.15, 0.2) is 0 Å². The Labute approximate surface area is 101 Å². The van der Waals surface area contributed by atoms with E-state index in [2.05, 4.69) is 0 Å². The Hall–Kier alpha value is -1.75. The SMILES string of the molecule is COc1ccc(C)cc1N(C)CC(N)C(=O)O. The molecule has 0 aromatic heterocycles. The number of carboxylic acid groups (broad SMARTS) is 1. The van der Waals surface area contributed by atoms with E-state index in [1.807, 2.05) is 25.1 Å². The van der Waals surface area contributed by atoms with Crippen LogP contribution in [0.5, 0.6) is 5.75 Å². The molecule has 0 aliphatic rings. The molecule has 0 fully saturated rings. The normalized spacial score (nSPS) is 12.0. The Morgan fingerprint density at radius 2 is 2.24 bits per heavy atom. The summed E-state index contributed by atoms with van der Waals surface area (Å²) in [5.41, 5.74) is 7.42. The molecule has 0 aliphatic carbocycles. The molecule has 1 aromatic rings. The number of rotatable bonds is 5. The number of benzene rings is 1. The molecule has 94 valence electrons. The van der Waals surface area contributed by atoms with Gasteiger partial charge in [-0.1, -0.05) is 6.07 Å². The van der Waals surface area contributed by atoms with E-state index >= 15 is 0 Å². The number of hydrogen-bond donors (Lipinski definition) is 2. The van der Waals surface area contributed by atoms with Crippen LogP contribution in [0.4, 0.5) is 5.69 Å². The summed E-state index contributed by atoms with van der Waals surface area (Å²) < 4.78 is 5.23. The number of hydrogen-bond acceptors (Lipinski definition) is 4. The first-order valence-electron chi connectivity index (χ1n) is 5.30. The number of ether oxygens (including phenoxy) is 1. The molecule has 0 saturated heterocycles. The summed E-state index contributed by atoms with van der Waals surface area (Å²) in [6.07, 6.45) is 0. The molecule has 5 nitrogen and oxygen atoms in total. The number of methoxy groups -OCH3 is 1. The second-order valence-electron chi connectivity index (χ2n) is 4.00. The molecular formula is C12H18N2O3. The van der Waals surface area contributed by atoms with Crippen LogP contribution in [0.25, 0.3) is 0 Å². The van der Waals surface area contributed by atoms with E-state index in [4.69, 9.17) is 15.6 Å².